The van der Waals surface area contributed by atoms with E-state index in [-0.39, 0.29) is 0 Å². The Morgan fingerprint density at radius 3 is 2.67 bits per heavy atom. The summed E-state index contributed by atoms with van der Waals surface area (Å²) in [4.78, 5) is 4.28. The summed E-state index contributed by atoms with van der Waals surface area (Å²) >= 11 is 0. The minimum atomic E-state index is 0.577. The van der Waals surface area contributed by atoms with E-state index < -0.39 is 0 Å². The second kappa shape index (κ2) is 4.24. The largest absolute Gasteiger partial charge is 0.326 e. The summed E-state index contributed by atoms with van der Waals surface area (Å²) in [6.45, 7) is 2.56. The first kappa shape index (κ1) is 9.87. The number of aromatic nitrogens is 1. The number of nitrogens with zero attached hydrogens (tertiary/aromatic N) is 1. The number of aryl methyl sites for hydroxylation is 1. The third-order valence-corrected chi connectivity index (χ3v) is 2.41. The molecule has 76 valence electrons. The van der Waals surface area contributed by atoms with Crippen molar-refractivity contribution in [3.05, 3.63) is 53.9 Å². The van der Waals surface area contributed by atoms with Gasteiger partial charge in [0, 0.05) is 24.0 Å². The fourth-order valence-corrected chi connectivity index (χ4v) is 1.52. The van der Waals surface area contributed by atoms with E-state index in [1.54, 1.807) is 0 Å². The number of rotatable bonds is 2. The molecule has 2 heteroatoms. The molecule has 1 aromatic carbocycles. The molecule has 15 heavy (non-hydrogen) atoms. The molecule has 0 saturated carbocycles. The molecule has 0 unspecified atom stereocenters. The molecule has 0 spiro atoms. The minimum absolute atomic E-state index is 0.577. The van der Waals surface area contributed by atoms with Crippen molar-refractivity contribution in [2.24, 2.45) is 5.73 Å². The first-order valence-electron chi connectivity index (χ1n) is 5.01. The van der Waals surface area contributed by atoms with Gasteiger partial charge in [0.2, 0.25) is 0 Å². The van der Waals surface area contributed by atoms with Gasteiger partial charge in [-0.3, -0.25) is 4.98 Å². The summed E-state index contributed by atoms with van der Waals surface area (Å²) < 4.78 is 0. The molecule has 0 bridgehead atoms. The molecule has 0 fully saturated rings. The molecular formula is C13H14N2. The van der Waals surface area contributed by atoms with Gasteiger partial charge in [-0.15, -0.1) is 0 Å². The highest BCUT2D eigenvalue weighted by Crippen LogP contribution is 2.19. The van der Waals surface area contributed by atoms with Gasteiger partial charge in [0.15, 0.2) is 0 Å². The second-order valence-electron chi connectivity index (χ2n) is 3.59. The van der Waals surface area contributed by atoms with E-state index in [0.29, 0.717) is 6.54 Å². The van der Waals surface area contributed by atoms with Crippen LogP contribution in [0.3, 0.4) is 0 Å². The Morgan fingerprint density at radius 2 is 2.00 bits per heavy atom. The van der Waals surface area contributed by atoms with Crippen molar-refractivity contribution in [2.45, 2.75) is 13.5 Å². The molecule has 2 N–H and O–H groups in total. The fraction of sp³-hybridized carbons (Fsp3) is 0.154. The van der Waals surface area contributed by atoms with Crippen LogP contribution in [0.15, 0.2) is 42.6 Å². The van der Waals surface area contributed by atoms with Gasteiger partial charge in [0.1, 0.15) is 0 Å². The van der Waals surface area contributed by atoms with Crippen LogP contribution in [0.4, 0.5) is 0 Å². The van der Waals surface area contributed by atoms with E-state index in [1.807, 2.05) is 31.3 Å². The predicted octanol–water partition coefficient (Wildman–Crippen LogP) is 2.52. The summed E-state index contributed by atoms with van der Waals surface area (Å²) in [7, 11) is 0. The fourth-order valence-electron chi connectivity index (χ4n) is 1.52. The molecule has 0 radical (unpaired) electrons. The Labute approximate surface area is 89.8 Å². The van der Waals surface area contributed by atoms with Gasteiger partial charge in [0.05, 0.1) is 0 Å². The van der Waals surface area contributed by atoms with Gasteiger partial charge in [-0.2, -0.15) is 0 Å². The Bertz CT molecular complexity index is 446. The molecule has 0 amide bonds. The predicted molar refractivity (Wildman–Crippen MR) is 62.3 cm³/mol. The lowest BCUT2D eigenvalue weighted by atomic mass is 10.0. The SMILES string of the molecule is Cc1ccc(-c2cccc(CN)c2)cn1. The van der Waals surface area contributed by atoms with Gasteiger partial charge in [0.25, 0.3) is 0 Å². The Balaban J connectivity index is 2.40. The van der Waals surface area contributed by atoms with Gasteiger partial charge >= 0.3 is 0 Å². The van der Waals surface area contributed by atoms with Crippen LogP contribution in [0, 0.1) is 6.92 Å². The van der Waals surface area contributed by atoms with E-state index in [1.165, 1.54) is 5.56 Å². The van der Waals surface area contributed by atoms with E-state index in [4.69, 9.17) is 5.73 Å². The molecule has 1 aromatic heterocycles. The zero-order valence-corrected chi connectivity index (χ0v) is 8.77. The van der Waals surface area contributed by atoms with Crippen LogP contribution in [0.5, 0.6) is 0 Å². The molecule has 2 rings (SSSR count). The summed E-state index contributed by atoms with van der Waals surface area (Å²) in [5.74, 6) is 0. The molecule has 2 aromatic rings. The summed E-state index contributed by atoms with van der Waals surface area (Å²) in [5, 5.41) is 0. The smallest absolute Gasteiger partial charge is 0.0373 e. The zero-order chi connectivity index (χ0) is 10.7. The molecule has 0 saturated heterocycles. The maximum atomic E-state index is 5.61. The number of pyridine rings is 1. The Kier molecular flexibility index (Phi) is 2.79. The van der Waals surface area contributed by atoms with Crippen molar-refractivity contribution in [2.75, 3.05) is 0 Å². The summed E-state index contributed by atoms with van der Waals surface area (Å²) in [6.07, 6.45) is 1.89. The topological polar surface area (TPSA) is 38.9 Å². The van der Waals surface area contributed by atoms with E-state index >= 15 is 0 Å². The maximum Gasteiger partial charge on any atom is 0.0373 e. The van der Waals surface area contributed by atoms with Crippen molar-refractivity contribution in [1.82, 2.24) is 4.98 Å². The van der Waals surface area contributed by atoms with Crippen molar-refractivity contribution >= 4 is 0 Å². The van der Waals surface area contributed by atoms with Gasteiger partial charge in [-0.25, -0.2) is 0 Å². The minimum Gasteiger partial charge on any atom is -0.326 e. The molecule has 0 atom stereocenters. The first-order valence-corrected chi connectivity index (χ1v) is 5.01. The molecule has 0 aliphatic heterocycles. The number of nitrogens with two attached hydrogens (primary N) is 1. The number of hydrogen-bond acceptors (Lipinski definition) is 2. The molecule has 0 aliphatic rings. The van der Waals surface area contributed by atoms with Crippen LogP contribution in [0.1, 0.15) is 11.3 Å². The van der Waals surface area contributed by atoms with Crippen LogP contribution < -0.4 is 5.73 Å². The Morgan fingerprint density at radius 1 is 1.13 bits per heavy atom. The van der Waals surface area contributed by atoms with Crippen LogP contribution in [0.25, 0.3) is 11.1 Å². The van der Waals surface area contributed by atoms with Crippen LogP contribution in [-0.2, 0) is 6.54 Å². The zero-order valence-electron chi connectivity index (χ0n) is 8.77. The first-order chi connectivity index (χ1) is 7.29. The van der Waals surface area contributed by atoms with Crippen molar-refractivity contribution in [3.8, 4) is 11.1 Å². The summed E-state index contributed by atoms with van der Waals surface area (Å²) in [5.41, 5.74) is 10.1. The van der Waals surface area contributed by atoms with Gasteiger partial charge in [-0.1, -0.05) is 24.3 Å². The monoisotopic (exact) mass is 198 g/mol. The highest BCUT2D eigenvalue weighted by Gasteiger charge is 1.98. The van der Waals surface area contributed by atoms with Crippen molar-refractivity contribution in [1.29, 1.82) is 0 Å². The van der Waals surface area contributed by atoms with E-state index in [0.717, 1.165) is 16.8 Å². The average molecular weight is 198 g/mol. The average Bonchev–Trinajstić information content (AvgIpc) is 2.30. The second-order valence-corrected chi connectivity index (χ2v) is 3.59. The lowest BCUT2D eigenvalue weighted by Gasteiger charge is -2.03. The maximum absolute atomic E-state index is 5.61. The lowest BCUT2D eigenvalue weighted by molar-refractivity contribution is 1.07. The molecule has 1 heterocycles. The van der Waals surface area contributed by atoms with E-state index in [2.05, 4.69) is 23.2 Å². The van der Waals surface area contributed by atoms with Crippen LogP contribution in [0.2, 0.25) is 0 Å². The van der Waals surface area contributed by atoms with Crippen LogP contribution >= 0.6 is 0 Å². The molecular weight excluding hydrogens is 184 g/mol. The quantitative estimate of drug-likeness (QED) is 0.805. The van der Waals surface area contributed by atoms with Crippen LogP contribution in [-0.4, -0.2) is 4.98 Å². The molecule has 0 aliphatic carbocycles. The Hall–Kier alpha value is -1.67. The summed E-state index contributed by atoms with van der Waals surface area (Å²) in [6, 6.07) is 12.3. The van der Waals surface area contributed by atoms with Crippen molar-refractivity contribution < 1.29 is 0 Å². The highest BCUT2D eigenvalue weighted by atomic mass is 14.7. The normalized spacial score (nSPS) is 10.3. The van der Waals surface area contributed by atoms with Gasteiger partial charge in [-0.05, 0) is 30.2 Å². The third kappa shape index (κ3) is 2.22. The third-order valence-electron chi connectivity index (χ3n) is 2.41. The number of benzene rings is 1. The van der Waals surface area contributed by atoms with Gasteiger partial charge < -0.3 is 5.73 Å². The lowest BCUT2D eigenvalue weighted by Crippen LogP contribution is -1.95. The molecule has 2 nitrogen and oxygen atoms in total. The van der Waals surface area contributed by atoms with Crippen molar-refractivity contribution in [3.63, 3.8) is 0 Å². The standard InChI is InChI=1S/C13H14N2/c1-10-5-6-13(9-15-10)12-4-2-3-11(7-12)8-14/h2-7,9H,8,14H2,1H3. The highest BCUT2D eigenvalue weighted by molar-refractivity contribution is 5.63. The van der Waals surface area contributed by atoms with E-state index in [9.17, 15) is 0 Å². The number of hydrogen-bond donors (Lipinski definition) is 1.